The molecule has 2 aromatic rings. The second-order valence-electron chi connectivity index (χ2n) is 6.57. The summed E-state index contributed by atoms with van der Waals surface area (Å²) < 4.78 is 34.6. The second-order valence-corrected chi connectivity index (χ2v) is 6.57. The van der Waals surface area contributed by atoms with Crippen LogP contribution in [0.25, 0.3) is 0 Å². The third-order valence-corrected chi connectivity index (χ3v) is 4.90. The Bertz CT molecular complexity index is 712. The smallest absolute Gasteiger partial charge is 0.387 e. The zero-order valence-electron chi connectivity index (χ0n) is 14.8. The average Bonchev–Trinajstić information content (AvgIpc) is 3.06. The minimum absolute atomic E-state index is 0.0506. The molecule has 0 spiro atoms. The first-order valence-electron chi connectivity index (χ1n) is 8.69. The van der Waals surface area contributed by atoms with Gasteiger partial charge in [0, 0.05) is 25.6 Å². The fraction of sp³-hybridized carbons (Fsp3) is 0.400. The Morgan fingerprint density at radius 3 is 2.54 bits per heavy atom. The van der Waals surface area contributed by atoms with E-state index in [1.54, 1.807) is 12.1 Å². The van der Waals surface area contributed by atoms with Gasteiger partial charge in [-0.2, -0.15) is 8.78 Å². The number of hydrogen-bond donors (Lipinski definition) is 1. The van der Waals surface area contributed by atoms with Crippen LogP contribution in [-0.2, 0) is 6.54 Å². The van der Waals surface area contributed by atoms with Crippen molar-refractivity contribution in [1.82, 2.24) is 4.90 Å². The van der Waals surface area contributed by atoms with Crippen LogP contribution in [0.1, 0.15) is 17.0 Å². The summed E-state index contributed by atoms with van der Waals surface area (Å²) in [6.07, 6.45) is 0. The molecule has 0 unspecified atom stereocenters. The molecule has 0 amide bonds. The summed E-state index contributed by atoms with van der Waals surface area (Å²) in [7, 11) is 1.45. The predicted octanol–water partition coefficient (Wildman–Crippen LogP) is 3.47. The van der Waals surface area contributed by atoms with Crippen molar-refractivity contribution in [2.24, 2.45) is 11.7 Å². The molecule has 0 aromatic heterocycles. The van der Waals surface area contributed by atoms with Crippen molar-refractivity contribution in [3.63, 3.8) is 0 Å². The number of rotatable bonds is 7. The number of alkyl halides is 2. The molecule has 1 fully saturated rings. The lowest BCUT2D eigenvalue weighted by Crippen LogP contribution is -2.23. The topological polar surface area (TPSA) is 47.7 Å². The van der Waals surface area contributed by atoms with E-state index in [-0.39, 0.29) is 5.75 Å². The number of benzene rings is 2. The predicted molar refractivity (Wildman–Crippen MR) is 96.6 cm³/mol. The molecule has 2 atom stereocenters. The van der Waals surface area contributed by atoms with E-state index >= 15 is 0 Å². The van der Waals surface area contributed by atoms with Crippen LogP contribution < -0.4 is 15.2 Å². The molecule has 1 heterocycles. The van der Waals surface area contributed by atoms with Crippen molar-refractivity contribution < 1.29 is 18.3 Å². The van der Waals surface area contributed by atoms with Gasteiger partial charge in [0.05, 0.1) is 7.11 Å². The molecule has 1 saturated heterocycles. The van der Waals surface area contributed by atoms with Crippen LogP contribution in [0.3, 0.4) is 0 Å². The molecule has 1 aliphatic heterocycles. The molecule has 0 bridgehead atoms. The first-order valence-corrected chi connectivity index (χ1v) is 8.69. The quantitative estimate of drug-likeness (QED) is 0.819. The highest BCUT2D eigenvalue weighted by molar-refractivity contribution is 5.43. The van der Waals surface area contributed by atoms with Gasteiger partial charge in [-0.1, -0.05) is 36.4 Å². The third kappa shape index (κ3) is 4.31. The van der Waals surface area contributed by atoms with Crippen molar-refractivity contribution in [2.45, 2.75) is 19.1 Å². The van der Waals surface area contributed by atoms with E-state index < -0.39 is 6.61 Å². The number of halogens is 2. The van der Waals surface area contributed by atoms with Crippen molar-refractivity contribution >= 4 is 0 Å². The molecule has 3 rings (SSSR count). The van der Waals surface area contributed by atoms with E-state index in [9.17, 15) is 8.78 Å². The van der Waals surface area contributed by atoms with E-state index in [1.807, 2.05) is 6.07 Å². The number of likely N-dealkylation sites (tertiary alicyclic amines) is 1. The minimum atomic E-state index is -2.87. The lowest BCUT2D eigenvalue weighted by molar-refractivity contribution is -0.0512. The molecular weight excluding hydrogens is 338 g/mol. The summed E-state index contributed by atoms with van der Waals surface area (Å²) in [5, 5.41) is 0. The Balaban J connectivity index is 1.71. The fourth-order valence-electron chi connectivity index (χ4n) is 3.67. The van der Waals surface area contributed by atoms with Crippen LogP contribution in [0, 0.1) is 5.92 Å². The monoisotopic (exact) mass is 362 g/mol. The summed E-state index contributed by atoms with van der Waals surface area (Å²) in [6, 6.07) is 15.5. The molecule has 2 N–H and O–H groups in total. The van der Waals surface area contributed by atoms with Gasteiger partial charge in [-0.3, -0.25) is 4.90 Å². The Morgan fingerprint density at radius 1 is 1.12 bits per heavy atom. The number of methoxy groups -OCH3 is 1. The normalized spacial score (nSPS) is 20.5. The first kappa shape index (κ1) is 18.6. The molecule has 1 aliphatic rings. The maximum Gasteiger partial charge on any atom is 0.387 e. The van der Waals surface area contributed by atoms with Crippen LogP contribution in [-0.4, -0.2) is 38.3 Å². The van der Waals surface area contributed by atoms with Crippen LogP contribution in [0.5, 0.6) is 11.5 Å². The van der Waals surface area contributed by atoms with Crippen molar-refractivity contribution in [2.75, 3.05) is 26.7 Å². The molecule has 6 heteroatoms. The Morgan fingerprint density at radius 2 is 1.88 bits per heavy atom. The molecule has 140 valence electrons. The van der Waals surface area contributed by atoms with Crippen molar-refractivity contribution in [3.8, 4) is 11.5 Å². The number of hydrogen-bond acceptors (Lipinski definition) is 4. The van der Waals surface area contributed by atoms with Gasteiger partial charge in [-0.25, -0.2) is 0 Å². The summed E-state index contributed by atoms with van der Waals surface area (Å²) in [5.41, 5.74) is 8.30. The van der Waals surface area contributed by atoms with Gasteiger partial charge in [0.2, 0.25) is 0 Å². The van der Waals surface area contributed by atoms with Crippen LogP contribution in [0.15, 0.2) is 48.5 Å². The highest BCUT2D eigenvalue weighted by atomic mass is 19.3. The number of nitrogens with two attached hydrogens (primary N) is 1. The molecule has 4 nitrogen and oxygen atoms in total. The van der Waals surface area contributed by atoms with E-state index in [2.05, 4.69) is 33.9 Å². The molecule has 0 saturated carbocycles. The second kappa shape index (κ2) is 8.47. The molecular formula is C20H24F2N2O2. The first-order chi connectivity index (χ1) is 12.6. The third-order valence-electron chi connectivity index (χ3n) is 4.90. The summed E-state index contributed by atoms with van der Waals surface area (Å²) in [5.74, 6) is 1.18. The molecule has 26 heavy (non-hydrogen) atoms. The van der Waals surface area contributed by atoms with Gasteiger partial charge in [0.25, 0.3) is 0 Å². The van der Waals surface area contributed by atoms with E-state index in [1.165, 1.54) is 18.7 Å². The van der Waals surface area contributed by atoms with Gasteiger partial charge in [-0.05, 0) is 35.7 Å². The highest BCUT2D eigenvalue weighted by Gasteiger charge is 2.32. The average molecular weight is 362 g/mol. The van der Waals surface area contributed by atoms with Crippen molar-refractivity contribution in [3.05, 3.63) is 59.7 Å². The number of nitrogens with zero attached hydrogens (tertiary/aromatic N) is 1. The highest BCUT2D eigenvalue weighted by Crippen LogP contribution is 2.34. The van der Waals surface area contributed by atoms with Gasteiger partial charge in [0.15, 0.2) is 11.5 Å². The maximum atomic E-state index is 12.5. The van der Waals surface area contributed by atoms with Gasteiger partial charge in [-0.15, -0.1) is 0 Å². The van der Waals surface area contributed by atoms with E-state index in [0.717, 1.165) is 18.7 Å². The Kier molecular flexibility index (Phi) is 6.06. The van der Waals surface area contributed by atoms with Gasteiger partial charge >= 0.3 is 6.61 Å². The lowest BCUT2D eigenvalue weighted by Gasteiger charge is -2.18. The molecule has 0 radical (unpaired) electrons. The van der Waals surface area contributed by atoms with E-state index in [0.29, 0.717) is 30.7 Å². The van der Waals surface area contributed by atoms with Crippen LogP contribution in [0.4, 0.5) is 8.78 Å². The summed E-state index contributed by atoms with van der Waals surface area (Å²) in [4.78, 5) is 2.34. The zero-order chi connectivity index (χ0) is 18.5. The largest absolute Gasteiger partial charge is 0.493 e. The molecule has 0 aliphatic carbocycles. The zero-order valence-corrected chi connectivity index (χ0v) is 14.8. The standard InChI is InChI=1S/C20H24F2N2O2/c1-25-19-9-14(7-8-18(19)26-20(21)22)11-24-12-16(10-23)17(13-24)15-5-3-2-4-6-15/h2-9,16-17,20H,10-13,23H2,1H3/t16-,17+/m1/s1. The fourth-order valence-corrected chi connectivity index (χ4v) is 3.67. The summed E-state index contributed by atoms with van der Waals surface area (Å²) in [6.45, 7) is 0.313. The van der Waals surface area contributed by atoms with E-state index in [4.69, 9.17) is 10.5 Å². The SMILES string of the molecule is COc1cc(CN2C[C@@H](CN)[C@H](c3ccccc3)C2)ccc1OC(F)F. The lowest BCUT2D eigenvalue weighted by atomic mass is 9.89. The van der Waals surface area contributed by atoms with Crippen LogP contribution >= 0.6 is 0 Å². The van der Waals surface area contributed by atoms with Crippen molar-refractivity contribution in [1.29, 1.82) is 0 Å². The number of ether oxygens (including phenoxy) is 2. The molecule has 2 aromatic carbocycles. The van der Waals surface area contributed by atoms with Gasteiger partial charge < -0.3 is 15.2 Å². The minimum Gasteiger partial charge on any atom is -0.493 e. The maximum absolute atomic E-state index is 12.5. The Hall–Kier alpha value is -2.18. The van der Waals surface area contributed by atoms with Gasteiger partial charge in [0.1, 0.15) is 0 Å². The van der Waals surface area contributed by atoms with Crippen LogP contribution in [0.2, 0.25) is 0 Å². The Labute approximate surface area is 152 Å². The summed E-state index contributed by atoms with van der Waals surface area (Å²) >= 11 is 0.